The van der Waals surface area contributed by atoms with E-state index in [0.29, 0.717) is 33.5 Å². The van der Waals surface area contributed by atoms with Gasteiger partial charge in [0.15, 0.2) is 5.16 Å². The van der Waals surface area contributed by atoms with E-state index in [9.17, 15) is 9.59 Å². The molecule has 134 valence electrons. The quantitative estimate of drug-likeness (QED) is 0.370. The molecule has 0 spiro atoms. The van der Waals surface area contributed by atoms with Crippen molar-refractivity contribution in [3.8, 4) is 0 Å². The lowest BCUT2D eigenvalue weighted by Crippen LogP contribution is -2.26. The number of benzene rings is 1. The van der Waals surface area contributed by atoms with Gasteiger partial charge in [-0.1, -0.05) is 41.6 Å². The zero-order valence-electron chi connectivity index (χ0n) is 13.8. The van der Waals surface area contributed by atoms with Crippen LogP contribution in [0.5, 0.6) is 0 Å². The number of aromatic nitrogens is 2. The Labute approximate surface area is 163 Å². The Kier molecular flexibility index (Phi) is 6.13. The second-order valence-corrected chi connectivity index (χ2v) is 7.71. The van der Waals surface area contributed by atoms with Gasteiger partial charge >= 0.3 is 0 Å². The lowest BCUT2D eigenvalue weighted by Gasteiger charge is -2.10. The minimum atomic E-state index is -0.138. The minimum Gasteiger partial charge on any atom is -0.351 e. The van der Waals surface area contributed by atoms with E-state index >= 15 is 0 Å². The second kappa shape index (κ2) is 8.53. The van der Waals surface area contributed by atoms with Crippen LogP contribution in [0.15, 0.2) is 58.3 Å². The molecule has 26 heavy (non-hydrogen) atoms. The molecule has 0 aliphatic carbocycles. The first-order valence-electron chi connectivity index (χ1n) is 7.81. The van der Waals surface area contributed by atoms with Gasteiger partial charge in [-0.15, -0.1) is 17.9 Å². The van der Waals surface area contributed by atoms with Crippen molar-refractivity contribution < 1.29 is 4.79 Å². The van der Waals surface area contributed by atoms with E-state index in [1.807, 2.05) is 23.6 Å². The van der Waals surface area contributed by atoms with Gasteiger partial charge in [-0.2, -0.15) is 0 Å². The van der Waals surface area contributed by atoms with Gasteiger partial charge < -0.3 is 5.32 Å². The molecular formula is C18H16ClN3O2S2. The number of carbonyl (C=O) groups is 1. The van der Waals surface area contributed by atoms with Crippen molar-refractivity contribution in [1.82, 2.24) is 14.9 Å². The highest BCUT2D eigenvalue weighted by molar-refractivity contribution is 7.99. The highest BCUT2D eigenvalue weighted by atomic mass is 35.5. The van der Waals surface area contributed by atoms with E-state index in [4.69, 9.17) is 11.6 Å². The number of allylic oxidation sites excluding steroid dienone is 1. The fraction of sp³-hybridized carbons (Fsp3) is 0.167. The van der Waals surface area contributed by atoms with Gasteiger partial charge in [0, 0.05) is 18.1 Å². The third-order valence-corrected chi connectivity index (χ3v) is 5.59. The van der Waals surface area contributed by atoms with E-state index in [-0.39, 0.29) is 17.2 Å². The van der Waals surface area contributed by atoms with Crippen LogP contribution in [0.1, 0.15) is 5.56 Å². The number of amides is 1. The molecule has 0 bridgehead atoms. The summed E-state index contributed by atoms with van der Waals surface area (Å²) in [6.07, 6.45) is 1.64. The van der Waals surface area contributed by atoms with Gasteiger partial charge in [0.25, 0.3) is 5.56 Å². The number of hydrogen-bond donors (Lipinski definition) is 1. The highest BCUT2D eigenvalue weighted by Crippen LogP contribution is 2.21. The maximum atomic E-state index is 12.5. The topological polar surface area (TPSA) is 64.0 Å². The first-order chi connectivity index (χ1) is 12.6. The molecule has 0 radical (unpaired) electrons. The van der Waals surface area contributed by atoms with Crippen LogP contribution in [0.25, 0.3) is 10.2 Å². The Morgan fingerprint density at radius 1 is 1.42 bits per heavy atom. The number of thiophene rings is 1. The summed E-state index contributed by atoms with van der Waals surface area (Å²) < 4.78 is 1.54. The predicted octanol–water partition coefficient (Wildman–Crippen LogP) is 3.71. The number of hydrogen-bond acceptors (Lipinski definition) is 5. The van der Waals surface area contributed by atoms with Crippen molar-refractivity contribution in [3.05, 3.63) is 69.3 Å². The summed E-state index contributed by atoms with van der Waals surface area (Å²) >= 11 is 8.58. The van der Waals surface area contributed by atoms with Gasteiger partial charge in [0.1, 0.15) is 4.83 Å². The minimum absolute atomic E-state index is 0.113. The third kappa shape index (κ3) is 4.35. The molecule has 2 aromatic heterocycles. The zero-order valence-corrected chi connectivity index (χ0v) is 16.2. The summed E-state index contributed by atoms with van der Waals surface area (Å²) in [6.45, 7) is 4.44. The first kappa shape index (κ1) is 18.7. The summed E-state index contributed by atoms with van der Waals surface area (Å²) in [5.41, 5.74) is 0.815. The summed E-state index contributed by atoms with van der Waals surface area (Å²) in [5.74, 6) is 0.0294. The maximum Gasteiger partial charge on any atom is 0.263 e. The molecule has 8 heteroatoms. The van der Waals surface area contributed by atoms with Gasteiger partial charge in [-0.25, -0.2) is 4.98 Å². The highest BCUT2D eigenvalue weighted by Gasteiger charge is 2.13. The van der Waals surface area contributed by atoms with Crippen LogP contribution in [0, 0.1) is 0 Å². The zero-order chi connectivity index (χ0) is 18.5. The third-order valence-electron chi connectivity index (χ3n) is 3.57. The summed E-state index contributed by atoms with van der Waals surface area (Å²) in [4.78, 5) is 29.9. The van der Waals surface area contributed by atoms with Crippen molar-refractivity contribution >= 4 is 50.8 Å². The normalized spacial score (nSPS) is 10.8. The largest absolute Gasteiger partial charge is 0.351 e. The van der Waals surface area contributed by atoms with Gasteiger partial charge in [0.2, 0.25) is 5.91 Å². The van der Waals surface area contributed by atoms with Crippen LogP contribution < -0.4 is 10.9 Å². The standard InChI is InChI=1S/C18H16ClN3O2S2/c1-2-7-22-17(24)14-6-8-25-16(14)21-18(22)26-11-15(23)20-10-12-4-3-5-13(19)9-12/h2-6,8-9H,1,7,10-11H2,(H,20,23). The van der Waals surface area contributed by atoms with Crippen molar-refractivity contribution in [2.24, 2.45) is 0 Å². The molecule has 1 aromatic carbocycles. The van der Waals surface area contributed by atoms with Crippen molar-refractivity contribution in [2.75, 3.05) is 5.75 Å². The van der Waals surface area contributed by atoms with Crippen LogP contribution in [-0.2, 0) is 17.9 Å². The molecule has 1 amide bonds. The van der Waals surface area contributed by atoms with Crippen LogP contribution >= 0.6 is 34.7 Å². The molecule has 3 aromatic rings. The van der Waals surface area contributed by atoms with E-state index in [1.54, 1.807) is 18.2 Å². The lowest BCUT2D eigenvalue weighted by atomic mass is 10.2. The molecule has 0 aliphatic rings. The predicted molar refractivity (Wildman–Crippen MR) is 108 cm³/mol. The Morgan fingerprint density at radius 2 is 2.27 bits per heavy atom. The SMILES string of the molecule is C=CCn1c(SCC(=O)NCc2cccc(Cl)c2)nc2sccc2c1=O. The van der Waals surface area contributed by atoms with E-state index in [0.717, 1.165) is 5.56 Å². The Morgan fingerprint density at radius 3 is 3.04 bits per heavy atom. The first-order valence-corrected chi connectivity index (χ1v) is 10.1. The second-order valence-electron chi connectivity index (χ2n) is 5.43. The molecule has 3 rings (SSSR count). The van der Waals surface area contributed by atoms with E-state index in [1.165, 1.54) is 27.7 Å². The van der Waals surface area contributed by atoms with Crippen LogP contribution in [0.4, 0.5) is 0 Å². The summed E-state index contributed by atoms with van der Waals surface area (Å²) in [6, 6.07) is 9.10. The fourth-order valence-corrected chi connectivity index (χ4v) is 4.22. The van der Waals surface area contributed by atoms with Crippen molar-refractivity contribution in [2.45, 2.75) is 18.2 Å². The molecule has 0 saturated heterocycles. The maximum absolute atomic E-state index is 12.5. The monoisotopic (exact) mass is 405 g/mol. The number of carbonyl (C=O) groups excluding carboxylic acids is 1. The summed E-state index contributed by atoms with van der Waals surface area (Å²) in [7, 11) is 0. The lowest BCUT2D eigenvalue weighted by molar-refractivity contribution is -0.118. The van der Waals surface area contributed by atoms with E-state index < -0.39 is 0 Å². The average Bonchev–Trinajstić information content (AvgIpc) is 3.10. The number of rotatable bonds is 7. The Hall–Kier alpha value is -2.09. The molecule has 5 nitrogen and oxygen atoms in total. The van der Waals surface area contributed by atoms with Crippen LogP contribution in [0.2, 0.25) is 5.02 Å². The van der Waals surface area contributed by atoms with Crippen molar-refractivity contribution in [1.29, 1.82) is 0 Å². The van der Waals surface area contributed by atoms with Crippen LogP contribution in [-0.4, -0.2) is 21.2 Å². The molecule has 2 heterocycles. The number of nitrogens with zero attached hydrogens (tertiary/aromatic N) is 2. The van der Waals surface area contributed by atoms with E-state index in [2.05, 4.69) is 16.9 Å². The van der Waals surface area contributed by atoms with Crippen molar-refractivity contribution in [3.63, 3.8) is 0 Å². The van der Waals surface area contributed by atoms with Gasteiger partial charge in [-0.05, 0) is 29.1 Å². The molecule has 0 aliphatic heterocycles. The molecule has 0 saturated carbocycles. The molecular weight excluding hydrogens is 390 g/mol. The van der Waals surface area contributed by atoms with Crippen LogP contribution in [0.3, 0.4) is 0 Å². The molecule has 0 unspecified atom stereocenters. The summed E-state index contributed by atoms with van der Waals surface area (Å²) in [5, 5.41) is 6.42. The number of halogens is 1. The number of thioether (sulfide) groups is 1. The Balaban J connectivity index is 1.68. The number of nitrogens with one attached hydrogen (secondary N) is 1. The average molecular weight is 406 g/mol. The fourth-order valence-electron chi connectivity index (χ4n) is 2.36. The molecule has 1 N–H and O–H groups in total. The molecule has 0 atom stereocenters. The molecule has 0 fully saturated rings. The Bertz CT molecular complexity index is 1010. The van der Waals surface area contributed by atoms with Gasteiger partial charge in [-0.3, -0.25) is 14.2 Å². The smallest absolute Gasteiger partial charge is 0.263 e. The number of fused-ring (bicyclic) bond motifs is 1. The van der Waals surface area contributed by atoms with Gasteiger partial charge in [0.05, 0.1) is 11.1 Å².